The molecule has 1 aliphatic carbocycles. The Bertz CT molecular complexity index is 282. The standard InChI is InChI=1S/C13H20O3.CH4O/c1-16-13(15)10-5-3-2-4-7-11-8-6-9-12(11)14;1-2/h8H,2-7,9-10H2,1H3;2H,1H3. The number of esters is 1. The summed E-state index contributed by atoms with van der Waals surface area (Å²) in [6.45, 7) is 0. The highest BCUT2D eigenvalue weighted by atomic mass is 16.5. The van der Waals surface area contributed by atoms with Gasteiger partial charge in [-0.05, 0) is 31.3 Å². The molecule has 0 atom stereocenters. The van der Waals surface area contributed by atoms with Crippen molar-refractivity contribution in [3.05, 3.63) is 11.6 Å². The fraction of sp³-hybridized carbons (Fsp3) is 0.714. The Labute approximate surface area is 109 Å². The van der Waals surface area contributed by atoms with Crippen molar-refractivity contribution in [3.8, 4) is 0 Å². The van der Waals surface area contributed by atoms with Crippen molar-refractivity contribution in [2.45, 2.75) is 51.4 Å². The largest absolute Gasteiger partial charge is 0.469 e. The van der Waals surface area contributed by atoms with Gasteiger partial charge in [0.25, 0.3) is 0 Å². The fourth-order valence-electron chi connectivity index (χ4n) is 1.93. The molecule has 0 saturated carbocycles. The Balaban J connectivity index is 0.00000137. The number of carbonyl (C=O) groups is 2. The Morgan fingerprint density at radius 3 is 2.50 bits per heavy atom. The number of aliphatic hydroxyl groups is 1. The summed E-state index contributed by atoms with van der Waals surface area (Å²) in [4.78, 5) is 22.1. The lowest BCUT2D eigenvalue weighted by Crippen LogP contribution is -1.99. The smallest absolute Gasteiger partial charge is 0.305 e. The van der Waals surface area contributed by atoms with E-state index in [0.29, 0.717) is 18.6 Å². The average molecular weight is 256 g/mol. The summed E-state index contributed by atoms with van der Waals surface area (Å²) in [5.41, 5.74) is 1.02. The van der Waals surface area contributed by atoms with Crippen molar-refractivity contribution in [2.24, 2.45) is 0 Å². The number of hydrogen-bond acceptors (Lipinski definition) is 4. The minimum absolute atomic E-state index is 0.131. The van der Waals surface area contributed by atoms with Gasteiger partial charge in [0, 0.05) is 20.0 Å². The molecule has 0 aliphatic heterocycles. The third-order valence-electron chi connectivity index (χ3n) is 2.92. The second-order valence-electron chi connectivity index (χ2n) is 4.18. The van der Waals surface area contributed by atoms with Crippen LogP contribution in [0.1, 0.15) is 51.4 Å². The van der Waals surface area contributed by atoms with E-state index >= 15 is 0 Å². The van der Waals surface area contributed by atoms with E-state index < -0.39 is 0 Å². The van der Waals surface area contributed by atoms with Crippen LogP contribution in [-0.2, 0) is 14.3 Å². The highest BCUT2D eigenvalue weighted by molar-refractivity contribution is 5.97. The highest BCUT2D eigenvalue weighted by Gasteiger charge is 2.13. The molecule has 0 fully saturated rings. The number of Topliss-reactive ketones (excluding diaryl/α,β-unsaturated/α-hetero) is 1. The van der Waals surface area contributed by atoms with Crippen LogP contribution in [0, 0.1) is 0 Å². The number of ether oxygens (including phenoxy) is 1. The van der Waals surface area contributed by atoms with E-state index in [0.717, 1.165) is 51.2 Å². The van der Waals surface area contributed by atoms with Crippen LogP contribution >= 0.6 is 0 Å². The van der Waals surface area contributed by atoms with Crippen molar-refractivity contribution < 1.29 is 19.4 Å². The molecule has 1 rings (SSSR count). The fourth-order valence-corrected chi connectivity index (χ4v) is 1.93. The van der Waals surface area contributed by atoms with E-state index in [9.17, 15) is 9.59 Å². The molecule has 0 saturated heterocycles. The zero-order valence-electron chi connectivity index (χ0n) is 11.4. The van der Waals surface area contributed by atoms with Gasteiger partial charge in [-0.3, -0.25) is 9.59 Å². The van der Waals surface area contributed by atoms with Gasteiger partial charge in [-0.15, -0.1) is 0 Å². The lowest BCUT2D eigenvalue weighted by molar-refractivity contribution is -0.140. The van der Waals surface area contributed by atoms with E-state index in [1.165, 1.54) is 7.11 Å². The van der Waals surface area contributed by atoms with Crippen LogP contribution < -0.4 is 0 Å². The van der Waals surface area contributed by atoms with Crippen LogP contribution in [0.15, 0.2) is 11.6 Å². The number of hydrogen-bond donors (Lipinski definition) is 1. The van der Waals surface area contributed by atoms with Gasteiger partial charge in [-0.25, -0.2) is 0 Å². The normalized spacial score (nSPS) is 13.7. The Morgan fingerprint density at radius 1 is 1.28 bits per heavy atom. The molecule has 0 spiro atoms. The quantitative estimate of drug-likeness (QED) is 0.561. The third-order valence-corrected chi connectivity index (χ3v) is 2.92. The molecule has 1 N–H and O–H groups in total. The summed E-state index contributed by atoms with van der Waals surface area (Å²) >= 11 is 0. The third kappa shape index (κ3) is 7.22. The number of ketones is 1. The maximum absolute atomic E-state index is 11.3. The second-order valence-corrected chi connectivity index (χ2v) is 4.18. The van der Waals surface area contributed by atoms with Crippen molar-refractivity contribution in [1.82, 2.24) is 0 Å². The van der Waals surface area contributed by atoms with Crippen LogP contribution in [0.5, 0.6) is 0 Å². The molecule has 0 aromatic rings. The molecule has 4 nitrogen and oxygen atoms in total. The predicted molar refractivity (Wildman–Crippen MR) is 70.2 cm³/mol. The molecular formula is C14H24O4. The lowest BCUT2D eigenvalue weighted by atomic mass is 10.0. The first-order chi connectivity index (χ1) is 8.74. The summed E-state index contributed by atoms with van der Waals surface area (Å²) in [6.07, 6.45) is 9.19. The van der Waals surface area contributed by atoms with Crippen LogP contribution in [0.3, 0.4) is 0 Å². The molecule has 0 heterocycles. The number of allylic oxidation sites excluding steroid dienone is 2. The lowest BCUT2D eigenvalue weighted by Gasteiger charge is -2.01. The molecule has 0 amide bonds. The number of carbonyl (C=O) groups excluding carboxylic acids is 2. The Hall–Kier alpha value is -1.16. The Morgan fingerprint density at radius 2 is 1.94 bits per heavy atom. The van der Waals surface area contributed by atoms with Crippen LogP contribution in [0.25, 0.3) is 0 Å². The van der Waals surface area contributed by atoms with Crippen LogP contribution in [0.2, 0.25) is 0 Å². The van der Waals surface area contributed by atoms with Gasteiger partial charge >= 0.3 is 5.97 Å². The van der Waals surface area contributed by atoms with Gasteiger partial charge in [0.15, 0.2) is 5.78 Å². The van der Waals surface area contributed by atoms with Crippen molar-refractivity contribution in [1.29, 1.82) is 0 Å². The van der Waals surface area contributed by atoms with Crippen LogP contribution in [-0.4, -0.2) is 31.1 Å². The second kappa shape index (κ2) is 11.0. The summed E-state index contributed by atoms with van der Waals surface area (Å²) in [6, 6.07) is 0. The zero-order valence-corrected chi connectivity index (χ0v) is 11.4. The molecule has 0 aromatic heterocycles. The molecular weight excluding hydrogens is 232 g/mol. The highest BCUT2D eigenvalue weighted by Crippen LogP contribution is 2.20. The number of methoxy groups -OCH3 is 1. The van der Waals surface area contributed by atoms with E-state index in [1.807, 2.05) is 0 Å². The maximum atomic E-state index is 11.3. The van der Waals surface area contributed by atoms with E-state index in [4.69, 9.17) is 5.11 Å². The molecule has 4 heteroatoms. The van der Waals surface area contributed by atoms with E-state index in [-0.39, 0.29) is 5.97 Å². The van der Waals surface area contributed by atoms with Crippen molar-refractivity contribution in [2.75, 3.05) is 14.2 Å². The summed E-state index contributed by atoms with van der Waals surface area (Å²) in [5.74, 6) is 0.197. The molecule has 1 aliphatic rings. The van der Waals surface area contributed by atoms with Gasteiger partial charge in [0.2, 0.25) is 0 Å². The molecule has 104 valence electrons. The van der Waals surface area contributed by atoms with Crippen molar-refractivity contribution >= 4 is 11.8 Å². The SMILES string of the molecule is CO.COC(=O)CCCCCCC1=CCCC1=O. The van der Waals surface area contributed by atoms with Crippen LogP contribution in [0.4, 0.5) is 0 Å². The first-order valence-corrected chi connectivity index (χ1v) is 6.48. The molecule has 0 aromatic carbocycles. The Kier molecular flexibility index (Phi) is 10.3. The molecule has 0 bridgehead atoms. The molecule has 18 heavy (non-hydrogen) atoms. The first-order valence-electron chi connectivity index (χ1n) is 6.48. The number of aliphatic hydroxyl groups excluding tert-OH is 1. The van der Waals surface area contributed by atoms with E-state index in [2.05, 4.69) is 10.8 Å². The van der Waals surface area contributed by atoms with Gasteiger partial charge in [0.05, 0.1) is 7.11 Å². The minimum atomic E-state index is -0.131. The molecule has 0 radical (unpaired) electrons. The van der Waals surface area contributed by atoms with E-state index in [1.54, 1.807) is 0 Å². The van der Waals surface area contributed by atoms with Gasteiger partial charge < -0.3 is 9.84 Å². The minimum Gasteiger partial charge on any atom is -0.469 e. The average Bonchev–Trinajstić information content (AvgIpc) is 2.81. The summed E-state index contributed by atoms with van der Waals surface area (Å²) < 4.78 is 4.56. The van der Waals surface area contributed by atoms with Gasteiger partial charge in [-0.1, -0.05) is 18.9 Å². The van der Waals surface area contributed by atoms with Gasteiger partial charge in [-0.2, -0.15) is 0 Å². The maximum Gasteiger partial charge on any atom is 0.305 e. The zero-order chi connectivity index (χ0) is 13.8. The number of rotatable bonds is 7. The summed E-state index contributed by atoms with van der Waals surface area (Å²) in [5, 5.41) is 7.00. The summed E-state index contributed by atoms with van der Waals surface area (Å²) in [7, 11) is 2.42. The molecule has 0 unspecified atom stereocenters. The predicted octanol–water partition coefficient (Wildman–Crippen LogP) is 2.40. The first kappa shape index (κ1) is 16.8. The van der Waals surface area contributed by atoms with Crippen molar-refractivity contribution in [3.63, 3.8) is 0 Å². The topological polar surface area (TPSA) is 63.6 Å². The van der Waals surface area contributed by atoms with Gasteiger partial charge in [0.1, 0.15) is 0 Å². The number of unbranched alkanes of at least 4 members (excludes halogenated alkanes) is 3. The monoisotopic (exact) mass is 256 g/mol.